The molecule has 3 aliphatic rings. The highest BCUT2D eigenvalue weighted by Gasteiger charge is 2.54. The zero-order valence-electron chi connectivity index (χ0n) is 72.7. The van der Waals surface area contributed by atoms with Crippen molar-refractivity contribution in [3.05, 3.63) is 12.2 Å². The molecule has 19 nitrogen and oxygen atoms in total. The molecule has 0 aliphatic carbocycles. The molecular formula is C94H181NO18. The summed E-state index contributed by atoms with van der Waals surface area (Å²) in [5, 5.41) is 122. The number of carbonyl (C=O) groups excluding carboxylic acids is 1. The van der Waals surface area contributed by atoms with Crippen molar-refractivity contribution in [3.8, 4) is 0 Å². The van der Waals surface area contributed by atoms with Crippen molar-refractivity contribution in [2.24, 2.45) is 0 Å². The average Bonchev–Trinajstić information content (AvgIpc) is 0.779. The molecule has 3 rings (SSSR count). The number of allylic oxidation sites excluding steroid dienone is 2. The van der Waals surface area contributed by atoms with E-state index >= 15 is 0 Å². The van der Waals surface area contributed by atoms with E-state index in [1.54, 1.807) is 0 Å². The number of carbonyl (C=O) groups is 1. The molecule has 17 unspecified atom stereocenters. The fourth-order valence-corrected chi connectivity index (χ4v) is 16.9. The van der Waals surface area contributed by atoms with Crippen LogP contribution in [0, 0.1) is 0 Å². The van der Waals surface area contributed by atoms with Gasteiger partial charge in [0.25, 0.3) is 0 Å². The predicted molar refractivity (Wildman–Crippen MR) is 457 cm³/mol. The highest BCUT2D eigenvalue weighted by molar-refractivity contribution is 5.76. The molecule has 0 spiro atoms. The number of aliphatic hydroxyl groups is 11. The van der Waals surface area contributed by atoms with Crippen molar-refractivity contribution in [2.75, 3.05) is 26.4 Å². The van der Waals surface area contributed by atoms with Crippen LogP contribution in [0.15, 0.2) is 12.2 Å². The summed E-state index contributed by atoms with van der Waals surface area (Å²) in [5.41, 5.74) is 0. The van der Waals surface area contributed by atoms with Gasteiger partial charge in [0.2, 0.25) is 5.91 Å². The molecule has 0 aromatic rings. The average molecular weight is 1610 g/mol. The van der Waals surface area contributed by atoms with Crippen molar-refractivity contribution in [2.45, 2.75) is 555 Å². The third-order valence-corrected chi connectivity index (χ3v) is 24.6. The summed E-state index contributed by atoms with van der Waals surface area (Å²) in [4.78, 5) is 13.6. The number of hydrogen-bond acceptors (Lipinski definition) is 18. The second-order valence-corrected chi connectivity index (χ2v) is 34.9. The molecular weight excluding hydrogens is 1430 g/mol. The normalized spacial score (nSPS) is 24.8. The van der Waals surface area contributed by atoms with Gasteiger partial charge in [0.15, 0.2) is 18.9 Å². The Labute approximate surface area is 690 Å². The van der Waals surface area contributed by atoms with Gasteiger partial charge in [-0.3, -0.25) is 4.79 Å². The first-order valence-corrected chi connectivity index (χ1v) is 48.4. The van der Waals surface area contributed by atoms with E-state index in [-0.39, 0.29) is 18.9 Å². The lowest BCUT2D eigenvalue weighted by molar-refractivity contribution is -0.379. The predicted octanol–water partition coefficient (Wildman–Crippen LogP) is 19.4. The lowest BCUT2D eigenvalue weighted by Crippen LogP contribution is -2.66. The number of hydrogen-bond donors (Lipinski definition) is 12. The third kappa shape index (κ3) is 52.5. The summed E-state index contributed by atoms with van der Waals surface area (Å²) in [6.07, 6.45) is 66.3. The third-order valence-electron chi connectivity index (χ3n) is 24.6. The number of aliphatic hydroxyl groups excluding tert-OH is 11. The molecule has 17 atom stereocenters. The van der Waals surface area contributed by atoms with Crippen LogP contribution in [-0.2, 0) is 33.2 Å². The highest BCUT2D eigenvalue weighted by Crippen LogP contribution is 2.34. The Morgan fingerprint density at radius 3 is 0.858 bits per heavy atom. The van der Waals surface area contributed by atoms with Crippen molar-refractivity contribution in [1.29, 1.82) is 0 Å². The van der Waals surface area contributed by atoms with Crippen LogP contribution in [0.5, 0.6) is 0 Å². The number of nitrogens with one attached hydrogen (secondary N) is 1. The van der Waals surface area contributed by atoms with Crippen LogP contribution in [0.3, 0.4) is 0 Å². The van der Waals surface area contributed by atoms with Crippen LogP contribution in [0.4, 0.5) is 0 Å². The minimum Gasteiger partial charge on any atom is -0.394 e. The van der Waals surface area contributed by atoms with Gasteiger partial charge in [-0.15, -0.1) is 0 Å². The monoisotopic (exact) mass is 1610 g/mol. The van der Waals surface area contributed by atoms with Gasteiger partial charge < -0.3 is 89.9 Å². The molecule has 113 heavy (non-hydrogen) atoms. The SMILES string of the molecule is CCCCCCCCCC/C=C\CCCCCCCCCCCCCCCCCCCCCCCCCCCC(=O)NC(COC1OC(CO)C(OC2OC(CO)C(OC3OC(CO)C(O)C(O)C3O)C(O)C2O)C(O)C1O)C(O)CCCCCCCCCCCCCCCCCCCCCCCCCCCCCCCCC. The molecule has 0 aromatic heterocycles. The Morgan fingerprint density at radius 1 is 0.310 bits per heavy atom. The smallest absolute Gasteiger partial charge is 0.220 e. The molecule has 12 N–H and O–H groups in total. The summed E-state index contributed by atoms with van der Waals surface area (Å²) in [5.74, 6) is -0.231. The van der Waals surface area contributed by atoms with Crippen molar-refractivity contribution in [1.82, 2.24) is 5.32 Å². The first-order chi connectivity index (χ1) is 55.3. The zero-order valence-corrected chi connectivity index (χ0v) is 72.7. The van der Waals surface area contributed by atoms with E-state index in [4.69, 9.17) is 28.4 Å². The number of unbranched alkanes of at least 4 members (excludes halogenated alkanes) is 63. The molecule has 0 saturated carbocycles. The minimum absolute atomic E-state index is 0.231. The summed E-state index contributed by atoms with van der Waals surface area (Å²) < 4.78 is 34.6. The van der Waals surface area contributed by atoms with Gasteiger partial charge in [0.05, 0.1) is 38.6 Å². The van der Waals surface area contributed by atoms with Crippen LogP contribution in [-0.4, -0.2) is 193 Å². The van der Waals surface area contributed by atoms with E-state index in [9.17, 15) is 61.0 Å². The summed E-state index contributed by atoms with van der Waals surface area (Å²) in [7, 11) is 0. The van der Waals surface area contributed by atoms with E-state index in [1.807, 2.05) is 0 Å². The molecule has 19 heteroatoms. The lowest BCUT2D eigenvalue weighted by Gasteiger charge is -2.48. The fourth-order valence-electron chi connectivity index (χ4n) is 16.9. The van der Waals surface area contributed by atoms with Crippen LogP contribution in [0.2, 0.25) is 0 Å². The van der Waals surface area contributed by atoms with E-state index in [2.05, 4.69) is 31.3 Å². The Morgan fingerprint density at radius 2 is 0.558 bits per heavy atom. The van der Waals surface area contributed by atoms with Crippen molar-refractivity contribution < 1.29 is 89.4 Å². The van der Waals surface area contributed by atoms with E-state index in [0.29, 0.717) is 12.8 Å². The van der Waals surface area contributed by atoms with Gasteiger partial charge in [-0.25, -0.2) is 0 Å². The van der Waals surface area contributed by atoms with E-state index in [0.717, 1.165) is 44.9 Å². The second kappa shape index (κ2) is 74.4. The molecule has 1 amide bonds. The topological polar surface area (TPSA) is 307 Å². The highest BCUT2D eigenvalue weighted by atomic mass is 16.8. The van der Waals surface area contributed by atoms with Gasteiger partial charge in [0, 0.05) is 6.42 Å². The molecule has 3 fully saturated rings. The Bertz CT molecular complexity index is 2080. The molecule has 0 bridgehead atoms. The summed E-state index contributed by atoms with van der Waals surface area (Å²) in [6.45, 7) is 1.89. The van der Waals surface area contributed by atoms with Gasteiger partial charge in [-0.1, -0.05) is 418 Å². The lowest BCUT2D eigenvalue weighted by atomic mass is 9.96. The van der Waals surface area contributed by atoms with E-state index < -0.39 is 124 Å². The van der Waals surface area contributed by atoms with Crippen molar-refractivity contribution >= 4 is 5.91 Å². The standard InChI is InChI=1S/C94H181NO18/c1-3-5-7-9-11-13-15-17-19-21-23-25-27-29-31-33-35-36-37-38-39-40-42-44-46-48-50-52-54-56-58-60-62-64-66-68-70-72-82(100)95-77(78(99)71-69-67-65-63-61-59-57-55-53-51-49-47-45-43-41-34-32-30-28-26-24-22-20-18-16-14-12-10-8-6-4-2)76-108-92-88(106)85(103)90(80(74-97)110-92)113-94-89(107)86(104)91(81(75-98)111-94)112-93-87(105)84(102)83(101)79(73-96)109-93/h21,23,77-81,83-94,96-99,101-107H,3-20,22,24-76H2,1-2H3,(H,95,100)/b23-21-. The zero-order chi connectivity index (χ0) is 81.7. The largest absolute Gasteiger partial charge is 0.394 e. The molecule has 3 aliphatic heterocycles. The molecule has 0 aromatic carbocycles. The van der Waals surface area contributed by atoms with E-state index in [1.165, 1.54) is 372 Å². The Kier molecular flexibility index (Phi) is 69.6. The first-order valence-electron chi connectivity index (χ1n) is 48.4. The maximum atomic E-state index is 13.6. The maximum absolute atomic E-state index is 13.6. The number of amides is 1. The van der Waals surface area contributed by atoms with Crippen LogP contribution in [0.1, 0.15) is 450 Å². The fraction of sp³-hybridized carbons (Fsp3) is 0.968. The quantitative estimate of drug-likeness (QED) is 0.0199. The summed E-state index contributed by atoms with van der Waals surface area (Å²) in [6, 6.07) is -0.886. The summed E-state index contributed by atoms with van der Waals surface area (Å²) >= 11 is 0. The number of ether oxygens (including phenoxy) is 6. The molecule has 0 radical (unpaired) electrons. The maximum Gasteiger partial charge on any atom is 0.220 e. The molecule has 670 valence electrons. The number of rotatable bonds is 81. The van der Waals surface area contributed by atoms with Gasteiger partial charge in [0.1, 0.15) is 73.2 Å². The molecule has 3 saturated heterocycles. The van der Waals surface area contributed by atoms with Crippen LogP contribution in [0.25, 0.3) is 0 Å². The molecule has 3 heterocycles. The van der Waals surface area contributed by atoms with Crippen LogP contribution < -0.4 is 5.32 Å². The Hall–Kier alpha value is -1.47. The van der Waals surface area contributed by atoms with Crippen molar-refractivity contribution in [3.63, 3.8) is 0 Å². The Balaban J connectivity index is 1.29. The second-order valence-electron chi connectivity index (χ2n) is 34.9. The van der Waals surface area contributed by atoms with Crippen LogP contribution >= 0.6 is 0 Å². The van der Waals surface area contributed by atoms with Gasteiger partial charge >= 0.3 is 0 Å². The van der Waals surface area contributed by atoms with Gasteiger partial charge in [-0.2, -0.15) is 0 Å². The van der Waals surface area contributed by atoms with Gasteiger partial charge in [-0.05, 0) is 38.5 Å². The minimum atomic E-state index is -1.97. The first kappa shape index (κ1) is 106.